The third-order valence-corrected chi connectivity index (χ3v) is 4.19. The summed E-state index contributed by atoms with van der Waals surface area (Å²) < 4.78 is 0. The van der Waals surface area contributed by atoms with Crippen LogP contribution in [0.4, 0.5) is 5.69 Å². The maximum atomic E-state index is 6.11. The van der Waals surface area contributed by atoms with Gasteiger partial charge in [-0.15, -0.1) is 0 Å². The van der Waals surface area contributed by atoms with Crippen LogP contribution in [0.5, 0.6) is 0 Å². The molecule has 2 aliphatic rings. The van der Waals surface area contributed by atoms with Crippen molar-refractivity contribution in [1.29, 1.82) is 0 Å². The SMILES string of the molecule is CC(N)C1CN(C2CCC2)c2ccccc21. The molecule has 0 bridgehead atoms. The number of hydrogen-bond donors (Lipinski definition) is 1. The van der Waals surface area contributed by atoms with Gasteiger partial charge in [0.15, 0.2) is 0 Å². The lowest BCUT2D eigenvalue weighted by Crippen LogP contribution is -2.41. The van der Waals surface area contributed by atoms with Crippen LogP contribution >= 0.6 is 0 Å². The number of benzene rings is 1. The van der Waals surface area contributed by atoms with Gasteiger partial charge in [0, 0.05) is 30.2 Å². The van der Waals surface area contributed by atoms with E-state index in [2.05, 4.69) is 36.1 Å². The molecule has 2 N–H and O–H groups in total. The van der Waals surface area contributed by atoms with Gasteiger partial charge in [-0.3, -0.25) is 0 Å². The summed E-state index contributed by atoms with van der Waals surface area (Å²) in [6.45, 7) is 3.26. The summed E-state index contributed by atoms with van der Waals surface area (Å²) in [5.41, 5.74) is 9.01. The second-order valence-corrected chi connectivity index (χ2v) is 5.26. The lowest BCUT2D eigenvalue weighted by atomic mass is 9.91. The van der Waals surface area contributed by atoms with Gasteiger partial charge >= 0.3 is 0 Å². The Morgan fingerprint density at radius 3 is 2.69 bits per heavy atom. The molecule has 1 aliphatic heterocycles. The van der Waals surface area contributed by atoms with Crippen LogP contribution in [-0.4, -0.2) is 18.6 Å². The Hall–Kier alpha value is -1.02. The largest absolute Gasteiger partial charge is 0.368 e. The second-order valence-electron chi connectivity index (χ2n) is 5.26. The van der Waals surface area contributed by atoms with Gasteiger partial charge in [-0.2, -0.15) is 0 Å². The van der Waals surface area contributed by atoms with Crippen molar-refractivity contribution in [3.63, 3.8) is 0 Å². The molecule has 2 unspecified atom stereocenters. The van der Waals surface area contributed by atoms with Crippen molar-refractivity contribution in [1.82, 2.24) is 0 Å². The molecule has 1 heterocycles. The monoisotopic (exact) mass is 216 g/mol. The smallest absolute Gasteiger partial charge is 0.0405 e. The highest BCUT2D eigenvalue weighted by Gasteiger charge is 2.36. The van der Waals surface area contributed by atoms with Crippen LogP contribution in [0.25, 0.3) is 0 Å². The minimum Gasteiger partial charge on any atom is -0.368 e. The fourth-order valence-electron chi connectivity index (χ4n) is 2.96. The first kappa shape index (κ1) is 10.2. The van der Waals surface area contributed by atoms with Crippen molar-refractivity contribution in [3.8, 4) is 0 Å². The van der Waals surface area contributed by atoms with E-state index < -0.39 is 0 Å². The number of hydrogen-bond acceptors (Lipinski definition) is 2. The van der Waals surface area contributed by atoms with Gasteiger partial charge in [-0.25, -0.2) is 0 Å². The molecule has 1 aromatic rings. The molecule has 2 nitrogen and oxygen atoms in total. The molecule has 1 fully saturated rings. The standard InChI is InChI=1S/C14H20N2/c1-10(15)13-9-16(11-5-4-6-11)14-8-3-2-7-12(13)14/h2-3,7-8,10-11,13H,4-6,9,15H2,1H3. The Morgan fingerprint density at radius 2 is 2.06 bits per heavy atom. The van der Waals surface area contributed by atoms with Crippen molar-refractivity contribution in [3.05, 3.63) is 29.8 Å². The number of anilines is 1. The molecule has 16 heavy (non-hydrogen) atoms. The topological polar surface area (TPSA) is 29.3 Å². The molecule has 0 aromatic heterocycles. The number of fused-ring (bicyclic) bond motifs is 1. The lowest BCUT2D eigenvalue weighted by Gasteiger charge is -2.37. The molecule has 86 valence electrons. The van der Waals surface area contributed by atoms with E-state index in [9.17, 15) is 0 Å². The van der Waals surface area contributed by atoms with E-state index in [4.69, 9.17) is 5.73 Å². The van der Waals surface area contributed by atoms with Gasteiger partial charge in [-0.05, 0) is 37.8 Å². The Balaban J connectivity index is 1.94. The van der Waals surface area contributed by atoms with Crippen molar-refractivity contribution >= 4 is 5.69 Å². The molecule has 0 saturated heterocycles. The van der Waals surface area contributed by atoms with Gasteiger partial charge < -0.3 is 10.6 Å². The van der Waals surface area contributed by atoms with Crippen LogP contribution in [0.2, 0.25) is 0 Å². The molecule has 2 heteroatoms. The van der Waals surface area contributed by atoms with Crippen LogP contribution in [0, 0.1) is 0 Å². The van der Waals surface area contributed by atoms with Crippen LogP contribution in [-0.2, 0) is 0 Å². The van der Waals surface area contributed by atoms with Gasteiger partial charge in [0.2, 0.25) is 0 Å². The highest BCUT2D eigenvalue weighted by molar-refractivity contribution is 5.61. The Bertz CT molecular complexity index is 382. The van der Waals surface area contributed by atoms with Crippen LogP contribution in [0.1, 0.15) is 37.7 Å². The molecule has 0 spiro atoms. The zero-order chi connectivity index (χ0) is 11.1. The third-order valence-electron chi connectivity index (χ3n) is 4.19. The normalized spacial score (nSPS) is 26.4. The molecule has 1 aliphatic carbocycles. The molecule has 0 amide bonds. The van der Waals surface area contributed by atoms with Crippen molar-refractivity contribution in [2.24, 2.45) is 5.73 Å². The number of para-hydroxylation sites is 1. The number of nitrogens with two attached hydrogens (primary N) is 1. The summed E-state index contributed by atoms with van der Waals surface area (Å²) in [7, 11) is 0. The average molecular weight is 216 g/mol. The molecule has 0 radical (unpaired) electrons. The average Bonchev–Trinajstić information content (AvgIpc) is 2.56. The van der Waals surface area contributed by atoms with Gasteiger partial charge in [-0.1, -0.05) is 18.2 Å². The summed E-state index contributed by atoms with van der Waals surface area (Å²) in [6.07, 6.45) is 4.12. The highest BCUT2D eigenvalue weighted by atomic mass is 15.2. The first-order valence-electron chi connectivity index (χ1n) is 6.38. The second kappa shape index (κ2) is 3.77. The maximum Gasteiger partial charge on any atom is 0.0405 e. The summed E-state index contributed by atoms with van der Waals surface area (Å²) >= 11 is 0. The van der Waals surface area contributed by atoms with E-state index >= 15 is 0 Å². The summed E-state index contributed by atoms with van der Waals surface area (Å²) in [6, 6.07) is 9.83. The van der Waals surface area contributed by atoms with Gasteiger partial charge in [0.25, 0.3) is 0 Å². The first-order valence-corrected chi connectivity index (χ1v) is 6.38. The van der Waals surface area contributed by atoms with Crippen molar-refractivity contribution in [2.45, 2.75) is 44.2 Å². The zero-order valence-corrected chi connectivity index (χ0v) is 9.89. The fraction of sp³-hybridized carbons (Fsp3) is 0.571. The van der Waals surface area contributed by atoms with Gasteiger partial charge in [0.05, 0.1) is 0 Å². The lowest BCUT2D eigenvalue weighted by molar-refractivity contribution is 0.383. The van der Waals surface area contributed by atoms with Crippen molar-refractivity contribution < 1.29 is 0 Å². The van der Waals surface area contributed by atoms with E-state index in [0.29, 0.717) is 5.92 Å². The van der Waals surface area contributed by atoms with Crippen LogP contribution in [0.3, 0.4) is 0 Å². The minimum atomic E-state index is 0.256. The number of rotatable bonds is 2. The van der Waals surface area contributed by atoms with E-state index in [1.54, 1.807) is 0 Å². The van der Waals surface area contributed by atoms with E-state index in [-0.39, 0.29) is 6.04 Å². The Morgan fingerprint density at radius 1 is 1.31 bits per heavy atom. The summed E-state index contributed by atoms with van der Waals surface area (Å²) in [4.78, 5) is 2.59. The molecule has 1 saturated carbocycles. The van der Waals surface area contributed by atoms with E-state index in [1.165, 1.54) is 30.5 Å². The van der Waals surface area contributed by atoms with Crippen LogP contribution in [0.15, 0.2) is 24.3 Å². The molecule has 2 atom stereocenters. The maximum absolute atomic E-state index is 6.11. The molecular weight excluding hydrogens is 196 g/mol. The summed E-state index contributed by atoms with van der Waals surface area (Å²) in [5, 5.41) is 0. The van der Waals surface area contributed by atoms with Crippen molar-refractivity contribution in [2.75, 3.05) is 11.4 Å². The molecular formula is C14H20N2. The minimum absolute atomic E-state index is 0.256. The predicted octanol–water partition coefficient (Wildman–Crippen LogP) is 2.49. The van der Waals surface area contributed by atoms with E-state index in [1.807, 2.05) is 0 Å². The fourth-order valence-corrected chi connectivity index (χ4v) is 2.96. The predicted molar refractivity (Wildman–Crippen MR) is 67.8 cm³/mol. The zero-order valence-electron chi connectivity index (χ0n) is 9.89. The van der Waals surface area contributed by atoms with Crippen LogP contribution < -0.4 is 10.6 Å². The highest BCUT2D eigenvalue weighted by Crippen LogP contribution is 2.42. The third kappa shape index (κ3) is 1.44. The molecule has 3 rings (SSSR count). The molecule has 1 aromatic carbocycles. The summed E-state index contributed by atoms with van der Waals surface area (Å²) in [5.74, 6) is 0.525. The first-order chi connectivity index (χ1) is 7.77. The Labute approximate surface area is 97.4 Å². The van der Waals surface area contributed by atoms with E-state index in [0.717, 1.165) is 12.6 Å². The quantitative estimate of drug-likeness (QED) is 0.823. The Kier molecular flexibility index (Phi) is 2.40. The number of nitrogens with zero attached hydrogens (tertiary/aromatic N) is 1. The van der Waals surface area contributed by atoms with Gasteiger partial charge in [0.1, 0.15) is 0 Å².